The van der Waals surface area contributed by atoms with E-state index in [1.807, 2.05) is 11.8 Å². The molecule has 0 spiro atoms. The third kappa shape index (κ3) is 2.03. The molecule has 0 saturated carbocycles. The van der Waals surface area contributed by atoms with Crippen LogP contribution in [0.2, 0.25) is 0 Å². The second-order valence-corrected chi connectivity index (χ2v) is 5.47. The summed E-state index contributed by atoms with van der Waals surface area (Å²) in [5.74, 6) is 0.159. The van der Waals surface area contributed by atoms with Gasteiger partial charge in [0.25, 0.3) is 5.91 Å². The van der Waals surface area contributed by atoms with Crippen LogP contribution >= 0.6 is 23.1 Å². The Morgan fingerprint density at radius 2 is 2.53 bits per heavy atom. The lowest BCUT2D eigenvalue weighted by molar-refractivity contribution is 0.0783. The molecule has 2 rings (SSSR count). The van der Waals surface area contributed by atoms with E-state index in [-0.39, 0.29) is 5.91 Å². The van der Waals surface area contributed by atoms with Crippen molar-refractivity contribution in [1.29, 1.82) is 0 Å². The van der Waals surface area contributed by atoms with Crippen LogP contribution < -0.4 is 0 Å². The summed E-state index contributed by atoms with van der Waals surface area (Å²) >= 11 is 3.21. The zero-order chi connectivity index (χ0) is 10.8. The molecular formula is C10H14N2OS2. The second-order valence-electron chi connectivity index (χ2n) is 3.60. The van der Waals surface area contributed by atoms with Crippen LogP contribution in [-0.2, 0) is 0 Å². The predicted octanol–water partition coefficient (Wildman–Crippen LogP) is 2.38. The number of nitrogens with zero attached hydrogens (tertiary/aromatic N) is 2. The van der Waals surface area contributed by atoms with E-state index in [1.165, 1.54) is 11.3 Å². The standard InChI is InChI=1S/C10H14N2OS2/c1-7-9(15-6-11-7)10(13)12-5-3-4-8(12)14-2/h6,8H,3-5H2,1-2H3/t8-/m1/s1. The van der Waals surface area contributed by atoms with Crippen molar-refractivity contribution < 1.29 is 4.79 Å². The van der Waals surface area contributed by atoms with Crippen molar-refractivity contribution >= 4 is 29.0 Å². The van der Waals surface area contributed by atoms with Crippen LogP contribution in [0, 0.1) is 6.92 Å². The molecule has 0 aromatic carbocycles. The third-order valence-corrected chi connectivity index (χ3v) is 4.62. The van der Waals surface area contributed by atoms with E-state index in [4.69, 9.17) is 0 Å². The van der Waals surface area contributed by atoms with Crippen molar-refractivity contribution in [1.82, 2.24) is 9.88 Å². The SMILES string of the molecule is CS[C@@H]1CCCN1C(=O)c1scnc1C. The molecule has 0 aliphatic carbocycles. The largest absolute Gasteiger partial charge is 0.326 e. The zero-order valence-corrected chi connectivity index (χ0v) is 10.5. The lowest BCUT2D eigenvalue weighted by Crippen LogP contribution is -2.33. The lowest BCUT2D eigenvalue weighted by Gasteiger charge is -2.22. The van der Waals surface area contributed by atoms with Gasteiger partial charge in [-0.25, -0.2) is 4.98 Å². The zero-order valence-electron chi connectivity index (χ0n) is 8.90. The molecule has 5 heteroatoms. The maximum atomic E-state index is 12.2. The van der Waals surface area contributed by atoms with Gasteiger partial charge in [0.05, 0.1) is 16.6 Å². The Morgan fingerprint density at radius 1 is 1.73 bits per heavy atom. The summed E-state index contributed by atoms with van der Waals surface area (Å²) in [6.45, 7) is 2.79. The van der Waals surface area contributed by atoms with Crippen molar-refractivity contribution in [3.05, 3.63) is 16.1 Å². The van der Waals surface area contributed by atoms with Gasteiger partial charge < -0.3 is 4.90 Å². The fourth-order valence-electron chi connectivity index (χ4n) is 1.85. The highest BCUT2D eigenvalue weighted by molar-refractivity contribution is 7.99. The Morgan fingerprint density at radius 3 is 3.13 bits per heavy atom. The fourth-order valence-corrected chi connectivity index (χ4v) is 3.47. The quantitative estimate of drug-likeness (QED) is 0.798. The summed E-state index contributed by atoms with van der Waals surface area (Å²) in [4.78, 5) is 19.1. The molecule has 1 fully saturated rings. The molecule has 1 atom stereocenters. The van der Waals surface area contributed by atoms with E-state index in [0.29, 0.717) is 5.37 Å². The van der Waals surface area contributed by atoms with Crippen LogP contribution in [0.1, 0.15) is 28.2 Å². The molecule has 2 heterocycles. The van der Waals surface area contributed by atoms with Gasteiger partial charge in [0.1, 0.15) is 4.88 Å². The number of hydrogen-bond donors (Lipinski definition) is 0. The van der Waals surface area contributed by atoms with Crippen molar-refractivity contribution in [2.24, 2.45) is 0 Å². The Bertz CT molecular complexity index is 364. The highest BCUT2D eigenvalue weighted by Crippen LogP contribution is 2.28. The highest BCUT2D eigenvalue weighted by Gasteiger charge is 2.30. The number of aromatic nitrogens is 1. The van der Waals surface area contributed by atoms with Gasteiger partial charge in [-0.1, -0.05) is 0 Å². The van der Waals surface area contributed by atoms with Gasteiger partial charge in [-0.2, -0.15) is 0 Å². The third-order valence-electron chi connectivity index (χ3n) is 2.67. The first-order chi connectivity index (χ1) is 7.24. The van der Waals surface area contributed by atoms with Crippen LogP contribution in [0.5, 0.6) is 0 Å². The summed E-state index contributed by atoms with van der Waals surface area (Å²) < 4.78 is 0. The summed E-state index contributed by atoms with van der Waals surface area (Å²) in [6.07, 6.45) is 4.30. The van der Waals surface area contributed by atoms with E-state index in [1.54, 1.807) is 17.3 Å². The van der Waals surface area contributed by atoms with Crippen LogP contribution in [0.3, 0.4) is 0 Å². The Hall–Kier alpha value is -0.550. The van der Waals surface area contributed by atoms with Crippen molar-refractivity contribution in [2.75, 3.05) is 12.8 Å². The number of hydrogen-bond acceptors (Lipinski definition) is 4. The minimum atomic E-state index is 0.159. The molecule has 3 nitrogen and oxygen atoms in total. The van der Waals surface area contributed by atoms with Crippen LogP contribution in [0.15, 0.2) is 5.51 Å². The normalized spacial score (nSPS) is 20.9. The maximum Gasteiger partial charge on any atom is 0.266 e. The second kappa shape index (κ2) is 4.53. The number of thioether (sulfide) groups is 1. The summed E-state index contributed by atoms with van der Waals surface area (Å²) in [5, 5.41) is 0.360. The van der Waals surface area contributed by atoms with Gasteiger partial charge in [0.2, 0.25) is 0 Å². The van der Waals surface area contributed by atoms with Crippen molar-refractivity contribution in [3.63, 3.8) is 0 Å². The number of aryl methyl sites for hydroxylation is 1. The summed E-state index contributed by atoms with van der Waals surface area (Å²) in [7, 11) is 0. The van der Waals surface area contributed by atoms with Crippen molar-refractivity contribution in [2.45, 2.75) is 25.1 Å². The molecule has 1 aromatic rings. The first-order valence-electron chi connectivity index (χ1n) is 4.98. The Labute approximate surface area is 97.9 Å². The molecule has 0 radical (unpaired) electrons. The predicted molar refractivity (Wildman–Crippen MR) is 64.4 cm³/mol. The van der Waals surface area contributed by atoms with E-state index in [2.05, 4.69) is 11.2 Å². The molecule has 1 amide bonds. The average molecular weight is 242 g/mol. The van der Waals surface area contributed by atoms with Gasteiger partial charge in [-0.05, 0) is 26.0 Å². The van der Waals surface area contributed by atoms with Gasteiger partial charge in [0, 0.05) is 6.54 Å². The first kappa shape index (κ1) is 11.0. The average Bonchev–Trinajstić information content (AvgIpc) is 2.84. The molecule has 0 unspecified atom stereocenters. The number of likely N-dealkylation sites (tertiary alicyclic amines) is 1. The molecule has 1 aromatic heterocycles. The van der Waals surface area contributed by atoms with E-state index in [0.717, 1.165) is 30.0 Å². The van der Waals surface area contributed by atoms with E-state index >= 15 is 0 Å². The summed E-state index contributed by atoms with van der Waals surface area (Å²) in [6, 6.07) is 0. The van der Waals surface area contributed by atoms with Gasteiger partial charge in [-0.3, -0.25) is 4.79 Å². The molecule has 0 N–H and O–H groups in total. The first-order valence-corrected chi connectivity index (χ1v) is 7.14. The lowest BCUT2D eigenvalue weighted by atomic mass is 10.3. The van der Waals surface area contributed by atoms with Crippen LogP contribution in [-0.4, -0.2) is 34.0 Å². The minimum absolute atomic E-state index is 0.159. The topological polar surface area (TPSA) is 33.2 Å². The van der Waals surface area contributed by atoms with E-state index in [9.17, 15) is 4.79 Å². The number of amides is 1. The molecule has 1 aliphatic heterocycles. The Balaban J connectivity index is 2.18. The molecule has 0 bridgehead atoms. The fraction of sp³-hybridized carbons (Fsp3) is 0.600. The Kier molecular flexibility index (Phi) is 3.31. The molecule has 1 saturated heterocycles. The van der Waals surface area contributed by atoms with Crippen LogP contribution in [0.4, 0.5) is 0 Å². The van der Waals surface area contributed by atoms with Crippen molar-refractivity contribution in [3.8, 4) is 0 Å². The molecule has 1 aliphatic rings. The minimum Gasteiger partial charge on any atom is -0.326 e. The number of carbonyl (C=O) groups is 1. The van der Waals surface area contributed by atoms with Gasteiger partial charge in [-0.15, -0.1) is 23.1 Å². The monoisotopic (exact) mass is 242 g/mol. The van der Waals surface area contributed by atoms with Crippen LogP contribution in [0.25, 0.3) is 0 Å². The number of carbonyl (C=O) groups excluding carboxylic acids is 1. The molecule has 15 heavy (non-hydrogen) atoms. The maximum absolute atomic E-state index is 12.2. The van der Waals surface area contributed by atoms with Gasteiger partial charge >= 0.3 is 0 Å². The smallest absolute Gasteiger partial charge is 0.266 e. The van der Waals surface area contributed by atoms with Gasteiger partial charge in [0.15, 0.2) is 0 Å². The van der Waals surface area contributed by atoms with E-state index < -0.39 is 0 Å². The summed E-state index contributed by atoms with van der Waals surface area (Å²) in [5.41, 5.74) is 2.60. The highest BCUT2D eigenvalue weighted by atomic mass is 32.2. The number of rotatable bonds is 2. The number of thiazole rings is 1. The molecule has 82 valence electrons. The molecular weight excluding hydrogens is 228 g/mol.